The highest BCUT2D eigenvalue weighted by Crippen LogP contribution is 2.25. The van der Waals surface area contributed by atoms with Gasteiger partial charge in [-0.05, 0) is 244 Å². The van der Waals surface area contributed by atoms with Crippen molar-refractivity contribution in [1.29, 1.82) is 0 Å². The Kier molecular flexibility index (Phi) is 36.6. The van der Waals surface area contributed by atoms with Gasteiger partial charge in [0, 0.05) is 174 Å². The topological polar surface area (TPSA) is 327 Å². The number of carbonyl (C=O) groups excluding carboxylic acids is 12. The van der Waals surface area contributed by atoms with Crippen LogP contribution in [0.25, 0.3) is 0 Å². The van der Waals surface area contributed by atoms with Gasteiger partial charge in [-0.3, -0.25) is 14.4 Å². The van der Waals surface area contributed by atoms with Crippen molar-refractivity contribution in [3.8, 4) is 0 Å². The molecular formula is C84H144N12O21. The first kappa shape index (κ1) is 100. The summed E-state index contributed by atoms with van der Waals surface area (Å²) in [5.41, 5.74) is -8.80. The van der Waals surface area contributed by atoms with Crippen LogP contribution < -0.4 is 0 Å². The average molecular weight is 1660 g/mol. The molecule has 3 aliphatic heterocycles. The summed E-state index contributed by atoms with van der Waals surface area (Å²) >= 11 is 0. The maximum absolute atomic E-state index is 16.2. The van der Waals surface area contributed by atoms with Crippen molar-refractivity contribution in [3.63, 3.8) is 0 Å². The smallest absolute Gasteiger partial charge is 0.410 e. The molecular weight excluding hydrogens is 1510 g/mol. The molecule has 0 spiro atoms. The van der Waals surface area contributed by atoms with E-state index in [4.69, 9.17) is 42.6 Å². The molecule has 33 heteroatoms. The van der Waals surface area contributed by atoms with Gasteiger partial charge in [-0.2, -0.15) is 0 Å². The molecule has 33 nitrogen and oxygen atoms in total. The maximum atomic E-state index is 16.2. The van der Waals surface area contributed by atoms with Gasteiger partial charge in [0.25, 0.3) is 17.7 Å². The fourth-order valence-corrected chi connectivity index (χ4v) is 12.2. The number of ether oxygens (including phenoxy) is 9. The molecule has 0 saturated carbocycles. The number of benzene rings is 1. The molecule has 1 aromatic carbocycles. The quantitative estimate of drug-likeness (QED) is 0.254. The third-order valence-corrected chi connectivity index (χ3v) is 17.4. The first-order valence-electron chi connectivity index (χ1n) is 41.4. The van der Waals surface area contributed by atoms with Crippen LogP contribution in [-0.2, 0) is 42.6 Å². The number of rotatable bonds is 3. The fraction of sp³-hybridized carbons (Fsp3) is 0.786. The van der Waals surface area contributed by atoms with Gasteiger partial charge in [0.05, 0.1) is 0 Å². The predicted octanol–water partition coefficient (Wildman–Crippen LogP) is 13.5. The maximum Gasteiger partial charge on any atom is 0.410 e. The SMILES string of the molecule is CC(C)(C)OC(=O)N1CCCN(C(=O)OC(C)(C)C)CCN(C(=O)c2cc(C(=O)N3CCCN(C(=O)OC(C)(C)C)CCN(C(=O)OC(C)(C)C)CCCN(C(=O)OC(C)(C)C)CC3)cc(C(=O)N3CCCN(C(=O)OC(C)(C)C)CCN(C(=O)OC(C)(C)C)CCCN(C(=O)OC(C)(C)C)CC3)c2)CCCN(C(=O)OC(C)(C)C)CC1. The summed E-state index contributed by atoms with van der Waals surface area (Å²) in [5, 5.41) is 0. The lowest BCUT2D eigenvalue weighted by Crippen LogP contribution is -2.48. The Bertz CT molecular complexity index is 3140. The van der Waals surface area contributed by atoms with Crippen molar-refractivity contribution < 1.29 is 100 Å². The molecule has 666 valence electrons. The zero-order valence-electron chi connectivity index (χ0n) is 75.9. The van der Waals surface area contributed by atoms with Crippen LogP contribution in [0.15, 0.2) is 18.2 Å². The summed E-state index contributed by atoms with van der Waals surface area (Å²) in [6, 6.07) is 4.12. The molecule has 0 aliphatic carbocycles. The van der Waals surface area contributed by atoms with Crippen molar-refractivity contribution in [2.75, 3.05) is 157 Å². The Morgan fingerprint density at radius 3 is 0.368 bits per heavy atom. The lowest BCUT2D eigenvalue weighted by atomic mass is 10.0. The van der Waals surface area contributed by atoms with Gasteiger partial charge in [0.15, 0.2) is 0 Å². The van der Waals surface area contributed by atoms with Crippen LogP contribution in [0.3, 0.4) is 0 Å². The number of nitrogens with zero attached hydrogens (tertiary/aromatic N) is 12. The Labute approximate surface area is 696 Å². The van der Waals surface area contributed by atoms with Gasteiger partial charge in [-0.25, -0.2) is 43.2 Å². The molecule has 0 aromatic heterocycles. The Balaban J connectivity index is 2.10. The molecule has 3 fully saturated rings. The molecule has 0 atom stereocenters. The second-order valence-electron chi connectivity index (χ2n) is 39.0. The summed E-state index contributed by atoms with van der Waals surface area (Å²) in [5.74, 6) is -2.11. The van der Waals surface area contributed by atoms with Crippen molar-refractivity contribution in [3.05, 3.63) is 34.9 Å². The first-order valence-corrected chi connectivity index (χ1v) is 41.4. The second-order valence-corrected chi connectivity index (χ2v) is 39.0. The van der Waals surface area contributed by atoms with Gasteiger partial charge in [-0.1, -0.05) is 0 Å². The van der Waals surface area contributed by atoms with Crippen molar-refractivity contribution in [2.24, 2.45) is 0 Å². The summed E-state index contributed by atoms with van der Waals surface area (Å²) in [4.78, 5) is 194. The molecule has 4 rings (SSSR count). The van der Waals surface area contributed by atoms with Gasteiger partial charge in [0.1, 0.15) is 50.4 Å². The zero-order chi connectivity index (χ0) is 88.8. The molecule has 0 radical (unpaired) electrons. The highest BCUT2D eigenvalue weighted by molar-refractivity contribution is 6.04. The Morgan fingerprint density at radius 2 is 0.265 bits per heavy atom. The minimum absolute atomic E-state index is 0.000144. The fourth-order valence-electron chi connectivity index (χ4n) is 12.2. The summed E-state index contributed by atoms with van der Waals surface area (Å²) in [6.45, 7) is 45.7. The van der Waals surface area contributed by atoms with E-state index in [1.165, 1.54) is 77.0 Å². The molecule has 0 unspecified atom stereocenters. The highest BCUT2D eigenvalue weighted by atomic mass is 16.6. The monoisotopic (exact) mass is 1660 g/mol. The lowest BCUT2D eigenvalue weighted by molar-refractivity contribution is 0.0101. The van der Waals surface area contributed by atoms with E-state index in [-0.39, 0.29) is 212 Å². The third-order valence-electron chi connectivity index (χ3n) is 17.4. The van der Waals surface area contributed by atoms with Crippen LogP contribution in [0, 0.1) is 0 Å². The van der Waals surface area contributed by atoms with Gasteiger partial charge in [0.2, 0.25) is 0 Å². The summed E-state index contributed by atoms with van der Waals surface area (Å²) < 4.78 is 53.1. The van der Waals surface area contributed by atoms with Gasteiger partial charge in [-0.15, -0.1) is 0 Å². The molecule has 3 heterocycles. The van der Waals surface area contributed by atoms with Gasteiger partial charge >= 0.3 is 54.8 Å². The van der Waals surface area contributed by atoms with Crippen LogP contribution in [0.2, 0.25) is 0 Å². The number of amides is 12. The van der Waals surface area contributed by atoms with Crippen LogP contribution in [-0.4, -0.2) is 339 Å². The second kappa shape index (κ2) is 42.6. The van der Waals surface area contributed by atoms with E-state index < -0.39 is 123 Å². The average Bonchev–Trinajstić information content (AvgIpc) is 0.799. The molecule has 0 N–H and O–H groups in total. The highest BCUT2D eigenvalue weighted by Gasteiger charge is 2.36. The largest absolute Gasteiger partial charge is 0.444 e. The minimum atomic E-state index is -0.966. The first-order chi connectivity index (χ1) is 53.5. The van der Waals surface area contributed by atoms with E-state index in [9.17, 15) is 43.2 Å². The van der Waals surface area contributed by atoms with Crippen molar-refractivity contribution >= 4 is 72.6 Å². The van der Waals surface area contributed by atoms with Crippen molar-refractivity contribution in [2.45, 2.75) is 276 Å². The van der Waals surface area contributed by atoms with E-state index in [2.05, 4.69) is 0 Å². The predicted molar refractivity (Wildman–Crippen MR) is 442 cm³/mol. The number of hydrogen-bond donors (Lipinski definition) is 0. The molecule has 12 amide bonds. The van der Waals surface area contributed by atoms with E-state index >= 15 is 14.4 Å². The van der Waals surface area contributed by atoms with E-state index in [1.54, 1.807) is 187 Å². The molecule has 117 heavy (non-hydrogen) atoms. The van der Waals surface area contributed by atoms with E-state index in [0.717, 1.165) is 0 Å². The molecule has 3 saturated heterocycles. The third kappa shape index (κ3) is 39.0. The summed E-state index contributed by atoms with van der Waals surface area (Å²) in [7, 11) is 0. The number of carbonyl (C=O) groups is 12. The van der Waals surface area contributed by atoms with E-state index in [0.29, 0.717) is 0 Å². The molecule has 0 bridgehead atoms. The zero-order valence-corrected chi connectivity index (χ0v) is 75.9. The minimum Gasteiger partial charge on any atom is -0.444 e. The van der Waals surface area contributed by atoms with Gasteiger partial charge < -0.3 is 101 Å². The molecule has 3 aliphatic rings. The standard InChI is InChI=1S/C84H144N12O21/c1-76(2,3)109-67(100)88-40-31-43-94(73(106)115-82(19,20)21)55-52-91(70(103)112-79(10,11)12)37-28-34-85(46-49-88)64(97)61-58-62(65(98)86-35-29-38-92(71(104)113-80(13,14)15)53-56-95(74(107)116-83(22,23)24)44-32-41-89(50-47-86)68(101)110-77(4,5)6)60-63(59-61)66(99)87-36-30-39-93(72(105)114-81(16,17)18)54-57-96(75(108)117-84(25,26)27)45-33-42-90(51-48-87)69(102)111-78(7,8)9/h58-60H,28-57H2,1-27H3. The van der Waals surface area contributed by atoms with Crippen molar-refractivity contribution in [1.82, 2.24) is 58.8 Å². The number of hydrogen-bond acceptors (Lipinski definition) is 21. The van der Waals surface area contributed by atoms with Crippen LogP contribution >= 0.6 is 0 Å². The normalized spacial score (nSPS) is 17.6. The Hall–Kier alpha value is -8.94. The van der Waals surface area contributed by atoms with Crippen LogP contribution in [0.5, 0.6) is 0 Å². The lowest BCUT2D eigenvalue weighted by Gasteiger charge is -2.34. The summed E-state index contributed by atoms with van der Waals surface area (Å²) in [6.07, 6.45) is -5.20. The van der Waals surface area contributed by atoms with Crippen LogP contribution in [0.4, 0.5) is 43.2 Å². The molecule has 1 aromatic rings. The van der Waals surface area contributed by atoms with Crippen LogP contribution in [0.1, 0.15) is 257 Å². The van der Waals surface area contributed by atoms with E-state index in [1.807, 2.05) is 0 Å². The Morgan fingerprint density at radius 1 is 0.171 bits per heavy atom.